The van der Waals surface area contributed by atoms with Crippen LogP contribution in [-0.4, -0.2) is 51.9 Å². The third-order valence-electron chi connectivity index (χ3n) is 3.32. The summed E-state index contributed by atoms with van der Waals surface area (Å²) in [4.78, 5) is 34.9. The summed E-state index contributed by atoms with van der Waals surface area (Å²) in [6.07, 6.45) is 1.21. The van der Waals surface area contributed by atoms with Gasteiger partial charge in [0.15, 0.2) is 5.78 Å². The molecule has 0 bridgehead atoms. The minimum Gasteiger partial charge on any atom is -0.481 e. The zero-order valence-corrected chi connectivity index (χ0v) is 11.7. The van der Waals surface area contributed by atoms with Gasteiger partial charge in [-0.15, -0.1) is 19.0 Å². The summed E-state index contributed by atoms with van der Waals surface area (Å²) < 4.78 is 0. The predicted octanol–water partition coefficient (Wildman–Crippen LogP) is -0.462. The van der Waals surface area contributed by atoms with Crippen molar-refractivity contribution < 1.29 is 19.5 Å². The first-order valence-corrected chi connectivity index (χ1v) is 5.82. The molecule has 0 aromatic rings. The molecule has 110 valence electrons. The highest BCUT2D eigenvalue weighted by Crippen LogP contribution is 2.34. The van der Waals surface area contributed by atoms with E-state index in [4.69, 9.17) is 5.73 Å². The summed E-state index contributed by atoms with van der Waals surface area (Å²) in [5.74, 6) is -2.89. The van der Waals surface area contributed by atoms with Crippen LogP contribution in [0.15, 0.2) is 23.9 Å². The van der Waals surface area contributed by atoms with E-state index in [-0.39, 0.29) is 42.9 Å². The predicted molar refractivity (Wildman–Crippen MR) is 72.7 cm³/mol. The normalized spacial score (nSPS) is 23.4. The molecule has 3 N–H and O–H groups in total. The highest BCUT2D eigenvalue weighted by atomic mass is 35.5. The molecule has 2 heterocycles. The van der Waals surface area contributed by atoms with Gasteiger partial charge in [0.25, 0.3) is 5.91 Å². The number of amides is 1. The molecule has 1 saturated heterocycles. The summed E-state index contributed by atoms with van der Waals surface area (Å²) >= 11 is 0. The Morgan fingerprint density at radius 2 is 2.15 bits per heavy atom. The molecular formula is C12H16ClN3O4. The summed E-state index contributed by atoms with van der Waals surface area (Å²) in [5.41, 5.74) is 6.16. The molecule has 0 aromatic heterocycles. The largest absolute Gasteiger partial charge is 0.481 e. The third-order valence-corrected chi connectivity index (χ3v) is 3.32. The number of carbonyl (C=O) groups is 3. The monoisotopic (exact) mass is 301 g/mol. The van der Waals surface area contributed by atoms with Crippen LogP contribution in [0.1, 0.15) is 6.92 Å². The molecule has 8 heteroatoms. The summed E-state index contributed by atoms with van der Waals surface area (Å²) in [7, 11) is 0. The average Bonchev–Trinajstić information content (AvgIpc) is 2.79. The number of aliphatic carboxylic acids is 1. The molecule has 0 aromatic carbocycles. The van der Waals surface area contributed by atoms with Gasteiger partial charge in [0.2, 0.25) is 0 Å². The smallest absolute Gasteiger partial charge is 0.316 e. The van der Waals surface area contributed by atoms with Crippen molar-refractivity contribution in [3.8, 4) is 0 Å². The maximum atomic E-state index is 12.0. The number of halogens is 1. The number of Topliss-reactive ketones (excluding diaryl/α,β-unsaturated/α-hetero) is 1. The minimum absolute atomic E-state index is 0. The Labute approximate surface area is 122 Å². The molecule has 0 radical (unpaired) electrons. The van der Waals surface area contributed by atoms with Gasteiger partial charge in [-0.2, -0.15) is 0 Å². The number of fused-ring (bicyclic) bond motifs is 1. The van der Waals surface area contributed by atoms with Gasteiger partial charge < -0.3 is 10.8 Å². The second kappa shape index (κ2) is 5.74. The van der Waals surface area contributed by atoms with Crippen LogP contribution in [0.2, 0.25) is 0 Å². The van der Waals surface area contributed by atoms with Gasteiger partial charge in [0.1, 0.15) is 12.0 Å². The van der Waals surface area contributed by atoms with Gasteiger partial charge in [0.05, 0.1) is 5.70 Å². The number of rotatable bonds is 4. The van der Waals surface area contributed by atoms with Crippen LogP contribution in [0.25, 0.3) is 0 Å². The number of carbonyl (C=O) groups excluding carboxylic acids is 2. The van der Waals surface area contributed by atoms with Gasteiger partial charge in [-0.05, 0) is 6.92 Å². The van der Waals surface area contributed by atoms with E-state index in [0.717, 1.165) is 0 Å². The first-order chi connectivity index (χ1) is 8.88. The van der Waals surface area contributed by atoms with Crippen molar-refractivity contribution >= 4 is 30.1 Å². The Hall–Kier alpha value is -1.70. The molecule has 1 fully saturated rings. The molecule has 2 atom stereocenters. The van der Waals surface area contributed by atoms with E-state index >= 15 is 0 Å². The van der Waals surface area contributed by atoms with Crippen LogP contribution in [0.4, 0.5) is 0 Å². The van der Waals surface area contributed by atoms with Crippen molar-refractivity contribution in [2.24, 2.45) is 11.7 Å². The molecule has 2 aliphatic heterocycles. The SMILES string of the molecule is C=CC(C(=O)O)C1=C(C(C)=O)CN2C[C@H](N)C(=O)N12.Cl. The fraction of sp³-hybridized carbons (Fsp3) is 0.417. The Kier molecular flexibility index (Phi) is 4.69. The summed E-state index contributed by atoms with van der Waals surface area (Å²) in [6.45, 7) is 5.31. The van der Waals surface area contributed by atoms with Crippen molar-refractivity contribution in [3.63, 3.8) is 0 Å². The Morgan fingerprint density at radius 3 is 2.60 bits per heavy atom. The maximum absolute atomic E-state index is 12.0. The Bertz CT molecular complexity index is 517. The van der Waals surface area contributed by atoms with Crippen LogP contribution < -0.4 is 5.73 Å². The van der Waals surface area contributed by atoms with E-state index in [1.165, 1.54) is 18.0 Å². The molecule has 0 saturated carbocycles. The zero-order chi connectivity index (χ0) is 14.3. The standard InChI is InChI=1S/C12H15N3O4.ClH/c1-3-7(12(18)19)10-8(6(2)16)4-14-5-9(13)11(17)15(10)14;/h3,7,9H,1,4-5,13H2,2H3,(H,18,19);1H/t7?,9-;/m0./s1. The Morgan fingerprint density at radius 1 is 1.55 bits per heavy atom. The van der Waals surface area contributed by atoms with E-state index in [9.17, 15) is 19.5 Å². The number of hydrazine groups is 1. The van der Waals surface area contributed by atoms with E-state index in [1.807, 2.05) is 0 Å². The van der Waals surface area contributed by atoms with Gasteiger partial charge in [-0.3, -0.25) is 14.4 Å². The van der Waals surface area contributed by atoms with Gasteiger partial charge in [-0.25, -0.2) is 10.0 Å². The average molecular weight is 302 g/mol. The van der Waals surface area contributed by atoms with E-state index < -0.39 is 17.9 Å². The van der Waals surface area contributed by atoms with E-state index in [0.29, 0.717) is 5.57 Å². The molecule has 0 aliphatic carbocycles. The fourth-order valence-electron chi connectivity index (χ4n) is 2.42. The third kappa shape index (κ3) is 2.35. The van der Waals surface area contributed by atoms with Crippen molar-refractivity contribution in [3.05, 3.63) is 23.9 Å². The quantitative estimate of drug-likeness (QED) is 0.681. The maximum Gasteiger partial charge on any atom is 0.316 e. The lowest BCUT2D eigenvalue weighted by molar-refractivity contribution is -0.141. The number of hydrogen-bond donors (Lipinski definition) is 2. The molecule has 1 amide bonds. The topological polar surface area (TPSA) is 104 Å². The number of ketones is 1. The van der Waals surface area contributed by atoms with Crippen LogP contribution in [0, 0.1) is 5.92 Å². The molecule has 7 nitrogen and oxygen atoms in total. The molecule has 1 unspecified atom stereocenters. The molecule has 20 heavy (non-hydrogen) atoms. The van der Waals surface area contributed by atoms with Crippen molar-refractivity contribution in [1.29, 1.82) is 0 Å². The number of hydrogen-bond acceptors (Lipinski definition) is 5. The van der Waals surface area contributed by atoms with Crippen LogP contribution in [0.5, 0.6) is 0 Å². The lowest BCUT2D eigenvalue weighted by atomic mass is 9.98. The van der Waals surface area contributed by atoms with Gasteiger partial charge in [-0.1, -0.05) is 6.08 Å². The lowest BCUT2D eigenvalue weighted by Crippen LogP contribution is -2.38. The second-order valence-corrected chi connectivity index (χ2v) is 4.58. The number of nitrogens with zero attached hydrogens (tertiary/aromatic N) is 2. The van der Waals surface area contributed by atoms with Crippen molar-refractivity contribution in [1.82, 2.24) is 10.0 Å². The minimum atomic E-state index is -1.15. The van der Waals surface area contributed by atoms with Crippen LogP contribution >= 0.6 is 12.4 Å². The highest BCUT2D eigenvalue weighted by Gasteiger charge is 2.47. The van der Waals surface area contributed by atoms with Gasteiger partial charge >= 0.3 is 5.97 Å². The molecule has 2 aliphatic rings. The van der Waals surface area contributed by atoms with Crippen molar-refractivity contribution in [2.45, 2.75) is 13.0 Å². The first kappa shape index (κ1) is 16.4. The van der Waals surface area contributed by atoms with E-state index in [2.05, 4.69) is 6.58 Å². The molecule has 2 rings (SSSR count). The highest BCUT2D eigenvalue weighted by molar-refractivity contribution is 5.99. The lowest BCUT2D eigenvalue weighted by Gasteiger charge is -2.24. The zero-order valence-electron chi connectivity index (χ0n) is 10.9. The molecule has 0 spiro atoms. The van der Waals surface area contributed by atoms with Crippen molar-refractivity contribution in [2.75, 3.05) is 13.1 Å². The summed E-state index contributed by atoms with van der Waals surface area (Å²) in [6, 6.07) is -0.692. The van der Waals surface area contributed by atoms with Crippen LogP contribution in [-0.2, 0) is 14.4 Å². The van der Waals surface area contributed by atoms with E-state index in [1.54, 1.807) is 5.01 Å². The number of nitrogens with two attached hydrogens (primary N) is 1. The number of carboxylic acid groups (broad SMARTS) is 1. The number of carboxylic acids is 1. The molecular weight excluding hydrogens is 286 g/mol. The first-order valence-electron chi connectivity index (χ1n) is 5.82. The summed E-state index contributed by atoms with van der Waals surface area (Å²) in [5, 5.41) is 12.0. The fourth-order valence-corrected chi connectivity index (χ4v) is 2.42. The Balaban J connectivity index is 0.00000200. The second-order valence-electron chi connectivity index (χ2n) is 4.58. The van der Waals surface area contributed by atoms with Gasteiger partial charge in [0, 0.05) is 18.7 Å². The van der Waals surface area contributed by atoms with Crippen LogP contribution in [0.3, 0.4) is 0 Å².